The number of hydrogen-bond acceptors (Lipinski definition) is 4. The summed E-state index contributed by atoms with van der Waals surface area (Å²) in [4.78, 5) is 26.8. The lowest BCUT2D eigenvalue weighted by Crippen LogP contribution is -2.29. The van der Waals surface area contributed by atoms with Gasteiger partial charge in [0.2, 0.25) is 0 Å². The number of nitrogens with zero attached hydrogens (tertiary/aromatic N) is 1. The molecule has 1 N–H and O–H groups in total. The molecule has 30 heavy (non-hydrogen) atoms. The van der Waals surface area contributed by atoms with Gasteiger partial charge in [-0.15, -0.1) is 0 Å². The molecule has 0 spiro atoms. The largest absolute Gasteiger partial charge is 0.507 e. The molecule has 1 fully saturated rings. The van der Waals surface area contributed by atoms with Gasteiger partial charge < -0.3 is 14.4 Å². The number of ketones is 1. The lowest BCUT2D eigenvalue weighted by Gasteiger charge is -2.24. The summed E-state index contributed by atoms with van der Waals surface area (Å²) < 4.78 is 34.0. The van der Waals surface area contributed by atoms with E-state index >= 15 is 0 Å². The number of carbonyl (C=O) groups is 2. The number of likely N-dealkylation sites (tertiary alicyclic amines) is 1. The minimum atomic E-state index is -1.19. The van der Waals surface area contributed by atoms with Gasteiger partial charge in [-0.3, -0.25) is 9.59 Å². The molecule has 1 saturated heterocycles. The van der Waals surface area contributed by atoms with E-state index in [4.69, 9.17) is 4.42 Å². The van der Waals surface area contributed by atoms with E-state index in [0.29, 0.717) is 11.3 Å². The van der Waals surface area contributed by atoms with Crippen molar-refractivity contribution in [2.45, 2.75) is 19.5 Å². The molecule has 1 unspecified atom stereocenters. The van der Waals surface area contributed by atoms with Gasteiger partial charge in [-0.25, -0.2) is 8.78 Å². The summed E-state index contributed by atoms with van der Waals surface area (Å²) in [6.45, 7) is 1.45. The van der Waals surface area contributed by atoms with Crippen LogP contribution in [0.3, 0.4) is 0 Å². The molecule has 152 valence electrons. The quantitative estimate of drug-likeness (QED) is 0.392. The highest BCUT2D eigenvalue weighted by Crippen LogP contribution is 2.41. The summed E-state index contributed by atoms with van der Waals surface area (Å²) in [7, 11) is 0. The molecule has 1 aliphatic heterocycles. The van der Waals surface area contributed by atoms with Gasteiger partial charge in [0.1, 0.15) is 23.2 Å². The van der Waals surface area contributed by atoms with Gasteiger partial charge in [0.05, 0.1) is 24.4 Å². The normalized spacial score (nSPS) is 18.2. The molecule has 0 aliphatic carbocycles. The molecule has 1 aromatic heterocycles. The Morgan fingerprint density at radius 2 is 1.83 bits per heavy atom. The van der Waals surface area contributed by atoms with Crippen LogP contribution in [0.5, 0.6) is 0 Å². The Kier molecular flexibility index (Phi) is 4.95. The van der Waals surface area contributed by atoms with Crippen molar-refractivity contribution in [3.05, 3.63) is 101 Å². The molecular weight excluding hydrogens is 392 g/mol. The van der Waals surface area contributed by atoms with Crippen LogP contribution in [0.1, 0.15) is 28.5 Å². The molecular formula is C23H17F2NO4. The van der Waals surface area contributed by atoms with E-state index in [1.807, 2.05) is 0 Å². The Bertz CT molecular complexity index is 1170. The third kappa shape index (κ3) is 3.28. The van der Waals surface area contributed by atoms with E-state index in [1.54, 1.807) is 25.1 Å². The van der Waals surface area contributed by atoms with E-state index in [1.165, 1.54) is 36.6 Å². The molecule has 5 nitrogen and oxygen atoms in total. The van der Waals surface area contributed by atoms with Crippen LogP contribution in [0.2, 0.25) is 0 Å². The van der Waals surface area contributed by atoms with Gasteiger partial charge in [0, 0.05) is 11.1 Å². The van der Waals surface area contributed by atoms with Crippen LogP contribution in [0.25, 0.3) is 5.76 Å². The maximum atomic E-state index is 14.7. The summed E-state index contributed by atoms with van der Waals surface area (Å²) in [6.07, 6.45) is 1.42. The SMILES string of the molecule is Cc1ccc(C(O)=C2C(=O)C(=O)N(Cc3ccco3)C2c2ccccc2F)cc1F. The van der Waals surface area contributed by atoms with Crippen molar-refractivity contribution in [2.24, 2.45) is 0 Å². The molecule has 0 radical (unpaired) electrons. The highest BCUT2D eigenvalue weighted by molar-refractivity contribution is 6.46. The van der Waals surface area contributed by atoms with Gasteiger partial charge in [-0.05, 0) is 36.8 Å². The minimum Gasteiger partial charge on any atom is -0.507 e. The first-order valence-corrected chi connectivity index (χ1v) is 9.20. The Balaban J connectivity index is 1.90. The number of aryl methyl sites for hydroxylation is 1. The van der Waals surface area contributed by atoms with Crippen molar-refractivity contribution in [1.29, 1.82) is 0 Å². The van der Waals surface area contributed by atoms with Gasteiger partial charge in [-0.1, -0.05) is 30.3 Å². The molecule has 0 saturated carbocycles. The molecule has 1 amide bonds. The van der Waals surface area contributed by atoms with Crippen molar-refractivity contribution in [3.63, 3.8) is 0 Å². The molecule has 3 aromatic rings. The maximum Gasteiger partial charge on any atom is 0.296 e. The lowest BCUT2D eigenvalue weighted by atomic mass is 9.94. The fourth-order valence-corrected chi connectivity index (χ4v) is 3.53. The summed E-state index contributed by atoms with van der Waals surface area (Å²) in [5.74, 6) is -3.29. The summed E-state index contributed by atoms with van der Waals surface area (Å²) in [6, 6.07) is 11.7. The highest BCUT2D eigenvalue weighted by atomic mass is 19.1. The fourth-order valence-electron chi connectivity index (χ4n) is 3.53. The Morgan fingerprint density at radius 3 is 2.50 bits per heavy atom. The third-order valence-corrected chi connectivity index (χ3v) is 5.09. The van der Waals surface area contributed by atoms with E-state index in [9.17, 15) is 23.5 Å². The number of furan rings is 1. The van der Waals surface area contributed by atoms with Gasteiger partial charge in [0.25, 0.3) is 11.7 Å². The summed E-state index contributed by atoms with van der Waals surface area (Å²) in [5, 5.41) is 10.9. The standard InChI is InChI=1S/C23H17F2NO4/c1-13-8-9-14(11-18(13)25)21(27)19-20(16-6-2-3-7-17(16)24)26(23(29)22(19)28)12-15-5-4-10-30-15/h2-11,20,27H,12H2,1H3. The predicted octanol–water partition coefficient (Wildman–Crippen LogP) is 4.49. The first-order chi connectivity index (χ1) is 14.4. The molecule has 1 aliphatic rings. The molecule has 4 rings (SSSR count). The third-order valence-electron chi connectivity index (χ3n) is 5.09. The topological polar surface area (TPSA) is 70.8 Å². The van der Waals surface area contributed by atoms with Crippen molar-refractivity contribution >= 4 is 17.4 Å². The van der Waals surface area contributed by atoms with Gasteiger partial charge >= 0.3 is 0 Å². The molecule has 2 heterocycles. The number of benzene rings is 2. The second kappa shape index (κ2) is 7.59. The Morgan fingerprint density at radius 1 is 1.07 bits per heavy atom. The number of rotatable bonds is 4. The fraction of sp³-hybridized carbons (Fsp3) is 0.130. The number of Topliss-reactive ketones (excluding diaryl/α,β-unsaturated/α-hetero) is 1. The maximum absolute atomic E-state index is 14.7. The second-order valence-electron chi connectivity index (χ2n) is 6.99. The number of aliphatic hydroxyl groups excluding tert-OH is 1. The molecule has 2 aromatic carbocycles. The highest BCUT2D eigenvalue weighted by Gasteiger charge is 2.47. The number of carbonyl (C=O) groups excluding carboxylic acids is 2. The summed E-state index contributed by atoms with van der Waals surface area (Å²) >= 11 is 0. The number of hydrogen-bond donors (Lipinski definition) is 1. The van der Waals surface area contributed by atoms with Crippen LogP contribution in [0.4, 0.5) is 8.78 Å². The molecule has 7 heteroatoms. The van der Waals surface area contributed by atoms with Crippen LogP contribution in [-0.4, -0.2) is 21.7 Å². The van der Waals surface area contributed by atoms with Crippen LogP contribution in [-0.2, 0) is 16.1 Å². The second-order valence-corrected chi connectivity index (χ2v) is 6.99. The first-order valence-electron chi connectivity index (χ1n) is 9.20. The van der Waals surface area contributed by atoms with Crippen LogP contribution in [0, 0.1) is 18.6 Å². The zero-order valence-electron chi connectivity index (χ0n) is 15.9. The van der Waals surface area contributed by atoms with E-state index in [-0.39, 0.29) is 23.2 Å². The van der Waals surface area contributed by atoms with Crippen LogP contribution < -0.4 is 0 Å². The predicted molar refractivity (Wildman–Crippen MR) is 104 cm³/mol. The van der Waals surface area contributed by atoms with Crippen molar-refractivity contribution < 1.29 is 27.9 Å². The van der Waals surface area contributed by atoms with Crippen molar-refractivity contribution in [3.8, 4) is 0 Å². The smallest absolute Gasteiger partial charge is 0.296 e. The Labute approximate surface area is 170 Å². The first kappa shape index (κ1) is 19.6. The summed E-state index contributed by atoms with van der Waals surface area (Å²) in [5.41, 5.74) is 0.114. The van der Waals surface area contributed by atoms with Crippen LogP contribution in [0.15, 0.2) is 70.9 Å². The lowest BCUT2D eigenvalue weighted by molar-refractivity contribution is -0.140. The van der Waals surface area contributed by atoms with E-state index < -0.39 is 35.1 Å². The average molecular weight is 409 g/mol. The number of halogens is 2. The van der Waals surface area contributed by atoms with Crippen molar-refractivity contribution in [2.75, 3.05) is 0 Å². The van der Waals surface area contributed by atoms with Gasteiger partial charge in [-0.2, -0.15) is 0 Å². The minimum absolute atomic E-state index is 0.0236. The number of amides is 1. The monoisotopic (exact) mass is 409 g/mol. The molecule has 0 bridgehead atoms. The van der Waals surface area contributed by atoms with E-state index in [0.717, 1.165) is 11.0 Å². The zero-order chi connectivity index (χ0) is 21.4. The van der Waals surface area contributed by atoms with E-state index in [2.05, 4.69) is 0 Å². The number of aliphatic hydroxyl groups is 1. The van der Waals surface area contributed by atoms with Gasteiger partial charge in [0.15, 0.2) is 0 Å². The molecule has 1 atom stereocenters. The van der Waals surface area contributed by atoms with Crippen LogP contribution >= 0.6 is 0 Å². The zero-order valence-corrected chi connectivity index (χ0v) is 15.9. The average Bonchev–Trinajstić information content (AvgIpc) is 3.32. The van der Waals surface area contributed by atoms with Crippen molar-refractivity contribution in [1.82, 2.24) is 4.90 Å². The Hall–Kier alpha value is -3.74.